The maximum atomic E-state index is 11.4. The molecule has 0 amide bonds. The van der Waals surface area contributed by atoms with Crippen molar-refractivity contribution in [2.24, 2.45) is 4.99 Å². The zero-order valence-corrected chi connectivity index (χ0v) is 17.9. The molecular formula is C22H27N7O2. The van der Waals surface area contributed by atoms with Crippen LogP contribution in [0.3, 0.4) is 0 Å². The van der Waals surface area contributed by atoms with Gasteiger partial charge in [0.15, 0.2) is 17.5 Å². The standard InChI is InChI=1S/C22H27N7O2/c1-3-14-9-10-18-20(25-19(14)28-12-15(11-24-28)22(30)31)29(16-7-5-6-8-16)17(4-2)21-26-23-13-27(18)21/h10-13,16-17H,3-9H2,1-2H3,(H,30,31). The van der Waals surface area contributed by atoms with Gasteiger partial charge in [0, 0.05) is 12.2 Å². The summed E-state index contributed by atoms with van der Waals surface area (Å²) in [7, 11) is 0. The molecule has 0 bridgehead atoms. The van der Waals surface area contributed by atoms with Gasteiger partial charge in [-0.15, -0.1) is 10.2 Å². The summed E-state index contributed by atoms with van der Waals surface area (Å²) in [5.41, 5.74) is 2.27. The lowest BCUT2D eigenvalue weighted by Crippen LogP contribution is -2.47. The van der Waals surface area contributed by atoms with Crippen molar-refractivity contribution < 1.29 is 9.90 Å². The van der Waals surface area contributed by atoms with Gasteiger partial charge in [0.25, 0.3) is 0 Å². The lowest BCUT2D eigenvalue weighted by Gasteiger charge is -2.42. The number of hydrogen-bond acceptors (Lipinski definition) is 6. The molecule has 9 nitrogen and oxygen atoms in total. The highest BCUT2D eigenvalue weighted by atomic mass is 16.4. The van der Waals surface area contributed by atoms with E-state index in [1.54, 1.807) is 17.2 Å². The third-order valence-corrected chi connectivity index (χ3v) is 6.59. The lowest BCUT2D eigenvalue weighted by molar-refractivity contribution is 0.0697. The number of carboxylic acid groups (broad SMARTS) is 1. The molecule has 0 aromatic carbocycles. The molecular weight excluding hydrogens is 394 g/mol. The summed E-state index contributed by atoms with van der Waals surface area (Å²) >= 11 is 0. The number of carbonyl (C=O) groups is 1. The first kappa shape index (κ1) is 19.7. The largest absolute Gasteiger partial charge is 0.478 e. The van der Waals surface area contributed by atoms with E-state index in [1.165, 1.54) is 19.0 Å². The van der Waals surface area contributed by atoms with Crippen molar-refractivity contribution in [2.75, 3.05) is 0 Å². The first-order chi connectivity index (χ1) is 15.1. The van der Waals surface area contributed by atoms with E-state index in [4.69, 9.17) is 4.99 Å². The van der Waals surface area contributed by atoms with E-state index in [-0.39, 0.29) is 11.6 Å². The Morgan fingerprint density at radius 1 is 1.26 bits per heavy atom. The molecule has 4 heterocycles. The Labute approximate surface area is 180 Å². The van der Waals surface area contributed by atoms with Crippen molar-refractivity contribution in [3.8, 4) is 0 Å². The van der Waals surface area contributed by atoms with Crippen molar-refractivity contribution in [3.05, 3.63) is 41.8 Å². The number of fused-ring (bicyclic) bond motifs is 3. The minimum atomic E-state index is -0.990. The van der Waals surface area contributed by atoms with E-state index in [0.29, 0.717) is 18.3 Å². The van der Waals surface area contributed by atoms with E-state index in [2.05, 4.69) is 44.7 Å². The molecule has 1 unspecified atom stereocenters. The monoisotopic (exact) mass is 421 g/mol. The summed E-state index contributed by atoms with van der Waals surface area (Å²) in [4.78, 5) is 19.0. The molecule has 1 N–H and O–H groups in total. The number of hydrogen-bond donors (Lipinski definition) is 1. The first-order valence-electron chi connectivity index (χ1n) is 11.1. The lowest BCUT2D eigenvalue weighted by atomic mass is 10.0. The SMILES string of the molecule is CCC1=C(n2cc(C(=O)O)cn2)N=C2C(=CC1)n1cnnc1C(CC)N2C1CCCC1. The van der Waals surface area contributed by atoms with Gasteiger partial charge in [-0.3, -0.25) is 4.57 Å². The van der Waals surface area contributed by atoms with Crippen LogP contribution in [-0.4, -0.2) is 52.4 Å². The number of carboxylic acids is 1. The molecule has 31 heavy (non-hydrogen) atoms. The van der Waals surface area contributed by atoms with Gasteiger partial charge in [0.2, 0.25) is 0 Å². The fourth-order valence-electron chi connectivity index (χ4n) is 5.02. The van der Waals surface area contributed by atoms with Gasteiger partial charge in [0.05, 0.1) is 23.5 Å². The van der Waals surface area contributed by atoms with Crippen molar-refractivity contribution in [2.45, 2.75) is 70.9 Å². The summed E-state index contributed by atoms with van der Waals surface area (Å²) in [6.07, 6.45) is 14.1. The number of allylic oxidation sites excluding steroid dienone is 2. The normalized spacial score (nSPS) is 21.5. The maximum Gasteiger partial charge on any atom is 0.338 e. The molecule has 9 heteroatoms. The maximum absolute atomic E-state index is 11.4. The molecule has 2 aliphatic heterocycles. The molecule has 0 spiro atoms. The van der Waals surface area contributed by atoms with Gasteiger partial charge >= 0.3 is 5.97 Å². The number of aromatic carboxylic acids is 1. The number of nitrogens with zero attached hydrogens (tertiary/aromatic N) is 7. The van der Waals surface area contributed by atoms with E-state index < -0.39 is 5.97 Å². The Balaban J connectivity index is 1.69. The van der Waals surface area contributed by atoms with Gasteiger partial charge in [-0.05, 0) is 37.7 Å². The van der Waals surface area contributed by atoms with Crippen LogP contribution in [0.2, 0.25) is 0 Å². The molecule has 2 aromatic heterocycles. The van der Waals surface area contributed by atoms with Crippen LogP contribution in [0.4, 0.5) is 0 Å². The fraction of sp³-hybridized carbons (Fsp3) is 0.500. The molecule has 1 aliphatic carbocycles. The first-order valence-corrected chi connectivity index (χ1v) is 11.1. The average molecular weight is 422 g/mol. The number of amidine groups is 1. The zero-order valence-electron chi connectivity index (χ0n) is 17.9. The van der Waals surface area contributed by atoms with Gasteiger partial charge in [-0.1, -0.05) is 32.8 Å². The third-order valence-electron chi connectivity index (χ3n) is 6.59. The highest BCUT2D eigenvalue weighted by molar-refractivity contribution is 6.19. The van der Waals surface area contributed by atoms with Gasteiger partial charge in [0.1, 0.15) is 6.33 Å². The van der Waals surface area contributed by atoms with Crippen molar-refractivity contribution in [1.82, 2.24) is 29.4 Å². The van der Waals surface area contributed by atoms with Crippen LogP contribution in [0.1, 0.15) is 81.0 Å². The highest BCUT2D eigenvalue weighted by Gasteiger charge is 2.40. The molecule has 5 rings (SSSR count). The molecule has 2 aromatic rings. The molecule has 1 fully saturated rings. The van der Waals surface area contributed by atoms with Crippen LogP contribution >= 0.6 is 0 Å². The summed E-state index contributed by atoms with van der Waals surface area (Å²) < 4.78 is 3.68. The Kier molecular flexibility index (Phi) is 4.95. The Morgan fingerprint density at radius 3 is 2.74 bits per heavy atom. The molecule has 0 saturated heterocycles. The predicted octanol–water partition coefficient (Wildman–Crippen LogP) is 3.80. The number of aliphatic imine (C=N–C) groups is 1. The Hall–Kier alpha value is -3.23. The minimum absolute atomic E-state index is 0.109. The van der Waals surface area contributed by atoms with Gasteiger partial charge in [-0.2, -0.15) is 5.10 Å². The average Bonchev–Trinajstić information content (AvgIpc) is 3.52. The quantitative estimate of drug-likeness (QED) is 0.788. The molecule has 1 atom stereocenters. The van der Waals surface area contributed by atoms with E-state index >= 15 is 0 Å². The van der Waals surface area contributed by atoms with E-state index in [0.717, 1.165) is 48.6 Å². The summed E-state index contributed by atoms with van der Waals surface area (Å²) in [6.45, 7) is 4.27. The second kappa shape index (κ2) is 7.79. The number of rotatable bonds is 5. The second-order valence-corrected chi connectivity index (χ2v) is 8.32. The predicted molar refractivity (Wildman–Crippen MR) is 116 cm³/mol. The van der Waals surface area contributed by atoms with Crippen molar-refractivity contribution >= 4 is 23.3 Å². The van der Waals surface area contributed by atoms with E-state index in [9.17, 15) is 9.90 Å². The number of aromatic nitrogens is 5. The molecule has 3 aliphatic rings. The van der Waals surface area contributed by atoms with Crippen molar-refractivity contribution in [3.63, 3.8) is 0 Å². The third kappa shape index (κ3) is 3.19. The van der Waals surface area contributed by atoms with Crippen LogP contribution in [0, 0.1) is 0 Å². The van der Waals surface area contributed by atoms with Crippen LogP contribution in [-0.2, 0) is 0 Å². The summed E-state index contributed by atoms with van der Waals surface area (Å²) in [6, 6.07) is 0.521. The van der Waals surface area contributed by atoms with Crippen LogP contribution < -0.4 is 0 Å². The Bertz CT molecular complexity index is 1100. The van der Waals surface area contributed by atoms with Gasteiger partial charge < -0.3 is 10.0 Å². The topological polar surface area (TPSA) is 101 Å². The second-order valence-electron chi connectivity index (χ2n) is 8.32. The fourth-order valence-corrected chi connectivity index (χ4v) is 5.02. The van der Waals surface area contributed by atoms with E-state index in [1.807, 2.05) is 0 Å². The summed E-state index contributed by atoms with van der Waals surface area (Å²) in [5, 5.41) is 22.4. The van der Waals surface area contributed by atoms with Crippen LogP contribution in [0.25, 0.3) is 11.5 Å². The summed E-state index contributed by atoms with van der Waals surface area (Å²) in [5.74, 6) is 1.60. The van der Waals surface area contributed by atoms with Crippen LogP contribution in [0.15, 0.2) is 35.4 Å². The zero-order chi connectivity index (χ0) is 21.5. The highest BCUT2D eigenvalue weighted by Crippen LogP contribution is 2.41. The smallest absolute Gasteiger partial charge is 0.338 e. The van der Waals surface area contributed by atoms with Gasteiger partial charge in [-0.25, -0.2) is 14.5 Å². The minimum Gasteiger partial charge on any atom is -0.478 e. The van der Waals surface area contributed by atoms with Crippen LogP contribution in [0.5, 0.6) is 0 Å². The Morgan fingerprint density at radius 2 is 2.06 bits per heavy atom. The van der Waals surface area contributed by atoms with Crippen molar-refractivity contribution in [1.29, 1.82) is 0 Å². The molecule has 162 valence electrons. The molecule has 0 radical (unpaired) electrons. The molecule has 1 saturated carbocycles.